The highest BCUT2D eigenvalue weighted by molar-refractivity contribution is 5.89. The average Bonchev–Trinajstić information content (AvgIpc) is 3.21. The van der Waals surface area contributed by atoms with Gasteiger partial charge in [-0.15, -0.1) is 0 Å². The maximum Gasteiger partial charge on any atom is 0.321 e. The van der Waals surface area contributed by atoms with Gasteiger partial charge in [-0.05, 0) is 23.8 Å². The van der Waals surface area contributed by atoms with Crippen LogP contribution in [0.5, 0.6) is 0 Å². The van der Waals surface area contributed by atoms with Crippen LogP contribution in [0.2, 0.25) is 0 Å². The van der Waals surface area contributed by atoms with E-state index in [2.05, 4.69) is 15.5 Å². The molecule has 0 bridgehead atoms. The Balaban J connectivity index is 1.55. The van der Waals surface area contributed by atoms with E-state index in [1.165, 1.54) is 0 Å². The Kier molecular flexibility index (Phi) is 4.60. The molecule has 0 aliphatic carbocycles. The summed E-state index contributed by atoms with van der Waals surface area (Å²) in [6.07, 6.45) is 7.33. The fourth-order valence-electron chi connectivity index (χ4n) is 2.39. The van der Waals surface area contributed by atoms with Gasteiger partial charge in [-0.1, -0.05) is 12.1 Å². The molecule has 24 heavy (non-hydrogen) atoms. The van der Waals surface area contributed by atoms with E-state index in [0.29, 0.717) is 13.1 Å². The first-order valence-corrected chi connectivity index (χ1v) is 7.66. The number of nitrogens with one attached hydrogen (secondary N) is 1. The molecule has 0 radical (unpaired) electrons. The zero-order chi connectivity index (χ0) is 16.9. The van der Waals surface area contributed by atoms with Gasteiger partial charge in [0.05, 0.1) is 19.3 Å². The van der Waals surface area contributed by atoms with Crippen molar-refractivity contribution in [3.8, 4) is 0 Å². The van der Waals surface area contributed by atoms with Crippen LogP contribution in [0.3, 0.4) is 0 Å². The molecule has 124 valence electrons. The number of urea groups is 1. The van der Waals surface area contributed by atoms with Crippen molar-refractivity contribution in [2.45, 2.75) is 13.1 Å². The maximum atomic E-state index is 12.2. The van der Waals surface area contributed by atoms with Gasteiger partial charge in [0.1, 0.15) is 0 Å². The van der Waals surface area contributed by atoms with Crippen LogP contribution in [0.1, 0.15) is 11.1 Å². The van der Waals surface area contributed by atoms with Crippen LogP contribution in [-0.2, 0) is 20.1 Å². The van der Waals surface area contributed by atoms with Crippen molar-refractivity contribution in [3.05, 3.63) is 66.2 Å². The Morgan fingerprint density at radius 3 is 2.62 bits per heavy atom. The number of carbonyl (C=O) groups is 1. The van der Waals surface area contributed by atoms with E-state index in [1.807, 2.05) is 54.5 Å². The number of benzene rings is 1. The zero-order valence-corrected chi connectivity index (χ0v) is 13.8. The summed E-state index contributed by atoms with van der Waals surface area (Å²) in [4.78, 5) is 13.9. The normalized spacial score (nSPS) is 10.6. The summed E-state index contributed by atoms with van der Waals surface area (Å²) in [5, 5.41) is 11.2. The molecular formula is C17H20N6O. The minimum absolute atomic E-state index is 0.154. The summed E-state index contributed by atoms with van der Waals surface area (Å²) in [7, 11) is 3.61. The van der Waals surface area contributed by atoms with Crippen LogP contribution >= 0.6 is 0 Å². The molecule has 3 aromatic rings. The predicted molar refractivity (Wildman–Crippen MR) is 91.5 cm³/mol. The van der Waals surface area contributed by atoms with Gasteiger partial charge < -0.3 is 10.2 Å². The molecule has 0 saturated carbocycles. The standard InChI is InChI=1S/C17H20N6O/c1-21(11-15-10-19-22(2)12-15)17(24)20-16-6-4-14(5-7-16)13-23-9-3-8-18-23/h3-10,12H,11,13H2,1-2H3,(H,20,24). The van der Waals surface area contributed by atoms with Crippen molar-refractivity contribution in [1.29, 1.82) is 0 Å². The monoisotopic (exact) mass is 324 g/mol. The molecule has 0 aliphatic heterocycles. The first-order chi connectivity index (χ1) is 11.6. The third-order valence-electron chi connectivity index (χ3n) is 3.63. The Morgan fingerprint density at radius 2 is 2.00 bits per heavy atom. The van der Waals surface area contributed by atoms with Crippen molar-refractivity contribution in [3.63, 3.8) is 0 Å². The third kappa shape index (κ3) is 4.01. The number of carbonyl (C=O) groups excluding carboxylic acids is 1. The Morgan fingerprint density at radius 1 is 1.21 bits per heavy atom. The number of rotatable bonds is 5. The van der Waals surface area contributed by atoms with E-state index in [-0.39, 0.29) is 6.03 Å². The van der Waals surface area contributed by atoms with Gasteiger partial charge in [-0.3, -0.25) is 9.36 Å². The molecule has 2 aromatic heterocycles. The fourth-order valence-corrected chi connectivity index (χ4v) is 2.39. The van der Waals surface area contributed by atoms with E-state index < -0.39 is 0 Å². The lowest BCUT2D eigenvalue weighted by atomic mass is 10.2. The molecule has 7 heteroatoms. The summed E-state index contributed by atoms with van der Waals surface area (Å²) in [5.74, 6) is 0. The van der Waals surface area contributed by atoms with E-state index in [4.69, 9.17) is 0 Å². The lowest BCUT2D eigenvalue weighted by molar-refractivity contribution is 0.220. The Hall–Kier alpha value is -3.09. The van der Waals surface area contributed by atoms with Gasteiger partial charge in [-0.2, -0.15) is 10.2 Å². The molecule has 2 heterocycles. The molecule has 7 nitrogen and oxygen atoms in total. The zero-order valence-electron chi connectivity index (χ0n) is 13.8. The quantitative estimate of drug-likeness (QED) is 0.783. The SMILES string of the molecule is CN(Cc1cnn(C)c1)C(=O)Nc1ccc(Cn2cccn2)cc1. The summed E-state index contributed by atoms with van der Waals surface area (Å²) < 4.78 is 3.58. The largest absolute Gasteiger partial charge is 0.323 e. The molecule has 1 N–H and O–H groups in total. The van der Waals surface area contributed by atoms with Gasteiger partial charge >= 0.3 is 6.03 Å². The van der Waals surface area contributed by atoms with Crippen LogP contribution in [0.15, 0.2) is 55.1 Å². The van der Waals surface area contributed by atoms with Gasteiger partial charge in [0.25, 0.3) is 0 Å². The fraction of sp³-hybridized carbons (Fsp3) is 0.235. The minimum atomic E-state index is -0.154. The van der Waals surface area contributed by atoms with Gasteiger partial charge in [-0.25, -0.2) is 4.79 Å². The van der Waals surface area contributed by atoms with Crippen molar-refractivity contribution in [2.75, 3.05) is 12.4 Å². The molecule has 0 unspecified atom stereocenters. The molecule has 0 atom stereocenters. The number of hydrogen-bond acceptors (Lipinski definition) is 3. The summed E-state index contributed by atoms with van der Waals surface area (Å²) in [6.45, 7) is 1.22. The van der Waals surface area contributed by atoms with Gasteiger partial charge in [0.15, 0.2) is 0 Å². The van der Waals surface area contributed by atoms with E-state index in [0.717, 1.165) is 16.8 Å². The van der Waals surface area contributed by atoms with E-state index in [9.17, 15) is 4.79 Å². The highest BCUT2D eigenvalue weighted by Gasteiger charge is 2.10. The smallest absolute Gasteiger partial charge is 0.321 e. The molecular weight excluding hydrogens is 304 g/mol. The highest BCUT2D eigenvalue weighted by atomic mass is 16.2. The van der Waals surface area contributed by atoms with Crippen LogP contribution < -0.4 is 5.32 Å². The first-order valence-electron chi connectivity index (χ1n) is 7.66. The number of hydrogen-bond donors (Lipinski definition) is 1. The summed E-state index contributed by atoms with van der Waals surface area (Å²) in [5.41, 5.74) is 2.88. The van der Waals surface area contributed by atoms with Crippen molar-refractivity contribution in [2.24, 2.45) is 7.05 Å². The van der Waals surface area contributed by atoms with Crippen molar-refractivity contribution < 1.29 is 4.79 Å². The van der Waals surface area contributed by atoms with Gasteiger partial charge in [0, 0.05) is 43.9 Å². The van der Waals surface area contributed by atoms with Crippen LogP contribution in [-0.4, -0.2) is 37.5 Å². The molecule has 0 saturated heterocycles. The average molecular weight is 324 g/mol. The third-order valence-corrected chi connectivity index (χ3v) is 3.63. The minimum Gasteiger partial charge on any atom is -0.323 e. The number of aryl methyl sites for hydroxylation is 1. The second kappa shape index (κ2) is 6.99. The van der Waals surface area contributed by atoms with Crippen LogP contribution in [0.4, 0.5) is 10.5 Å². The highest BCUT2D eigenvalue weighted by Crippen LogP contribution is 2.12. The number of anilines is 1. The topological polar surface area (TPSA) is 68.0 Å². The molecule has 3 rings (SSSR count). The summed E-state index contributed by atoms with van der Waals surface area (Å²) in [6, 6.07) is 9.51. The number of nitrogens with zero attached hydrogens (tertiary/aromatic N) is 5. The number of amides is 2. The molecule has 2 amide bonds. The van der Waals surface area contributed by atoms with E-state index >= 15 is 0 Å². The lowest BCUT2D eigenvalue weighted by Crippen LogP contribution is -2.30. The predicted octanol–water partition coefficient (Wildman–Crippen LogP) is 2.33. The Labute approximate surface area is 140 Å². The molecule has 1 aromatic carbocycles. The maximum absolute atomic E-state index is 12.2. The van der Waals surface area contributed by atoms with Gasteiger partial charge in [0.2, 0.25) is 0 Å². The van der Waals surface area contributed by atoms with Crippen molar-refractivity contribution >= 4 is 11.7 Å². The molecule has 0 fully saturated rings. The van der Waals surface area contributed by atoms with Crippen LogP contribution in [0, 0.1) is 0 Å². The lowest BCUT2D eigenvalue weighted by Gasteiger charge is -2.17. The summed E-state index contributed by atoms with van der Waals surface area (Å²) >= 11 is 0. The van der Waals surface area contributed by atoms with E-state index in [1.54, 1.807) is 29.0 Å². The second-order valence-electron chi connectivity index (χ2n) is 5.71. The van der Waals surface area contributed by atoms with Crippen molar-refractivity contribution in [1.82, 2.24) is 24.5 Å². The Bertz CT molecular complexity index is 791. The molecule has 0 aliphatic rings. The number of aromatic nitrogens is 4. The first kappa shape index (κ1) is 15.8. The van der Waals surface area contributed by atoms with Crippen LogP contribution in [0.25, 0.3) is 0 Å². The second-order valence-corrected chi connectivity index (χ2v) is 5.71. The molecule has 0 spiro atoms.